The first-order valence-electron chi connectivity index (χ1n) is 7.22. The zero-order valence-electron chi connectivity index (χ0n) is 11.5. The van der Waals surface area contributed by atoms with Crippen LogP contribution in [0.1, 0.15) is 78.1 Å². The summed E-state index contributed by atoms with van der Waals surface area (Å²) in [5.41, 5.74) is 0. The summed E-state index contributed by atoms with van der Waals surface area (Å²) in [7, 11) is 0. The average Bonchev–Trinajstić information content (AvgIpc) is 2.33. The summed E-state index contributed by atoms with van der Waals surface area (Å²) in [6, 6.07) is 0. The predicted octanol–water partition coefficient (Wildman–Crippen LogP) is 4.31. The summed E-state index contributed by atoms with van der Waals surface area (Å²) >= 11 is 0. The van der Waals surface area contributed by atoms with Crippen LogP contribution in [0.3, 0.4) is 0 Å². The number of aldehydes is 1. The van der Waals surface area contributed by atoms with Crippen LogP contribution in [0.2, 0.25) is 0 Å². The molecule has 17 heavy (non-hydrogen) atoms. The van der Waals surface area contributed by atoms with E-state index in [0.29, 0.717) is 18.6 Å². The first-order valence-corrected chi connectivity index (χ1v) is 7.22. The van der Waals surface area contributed by atoms with E-state index in [0.717, 1.165) is 44.8 Å². The molecule has 0 aromatic heterocycles. The number of unbranched alkanes of at least 4 members (excludes halogenated alkanes) is 4. The maximum atomic E-state index is 12.0. The minimum absolute atomic E-state index is 0.142. The van der Waals surface area contributed by atoms with Crippen LogP contribution in [-0.4, -0.2) is 12.1 Å². The van der Waals surface area contributed by atoms with Gasteiger partial charge >= 0.3 is 0 Å². The number of rotatable bonds is 12. The summed E-state index contributed by atoms with van der Waals surface area (Å²) in [6.07, 6.45) is 10.7. The zero-order chi connectivity index (χ0) is 12.9. The van der Waals surface area contributed by atoms with Gasteiger partial charge in [0.15, 0.2) is 0 Å². The molecule has 1 atom stereocenters. The molecule has 0 bridgehead atoms. The molecule has 0 spiro atoms. The maximum Gasteiger partial charge on any atom is 0.135 e. The molecular formula is C15H28O2. The number of hydrogen-bond acceptors (Lipinski definition) is 2. The van der Waals surface area contributed by atoms with Crippen molar-refractivity contribution in [3.8, 4) is 0 Å². The molecule has 0 aliphatic carbocycles. The lowest BCUT2D eigenvalue weighted by Crippen LogP contribution is -2.14. The lowest BCUT2D eigenvalue weighted by Gasteiger charge is -2.14. The molecule has 0 amide bonds. The van der Waals surface area contributed by atoms with E-state index >= 15 is 0 Å². The lowest BCUT2D eigenvalue weighted by atomic mass is 9.90. The summed E-state index contributed by atoms with van der Waals surface area (Å²) < 4.78 is 0. The third-order valence-electron chi connectivity index (χ3n) is 3.27. The Morgan fingerprint density at radius 2 is 1.65 bits per heavy atom. The van der Waals surface area contributed by atoms with E-state index in [9.17, 15) is 9.59 Å². The Morgan fingerprint density at radius 1 is 1.00 bits per heavy atom. The summed E-state index contributed by atoms with van der Waals surface area (Å²) in [5.74, 6) is 0.528. The molecule has 0 heterocycles. The molecule has 0 saturated heterocycles. The molecule has 2 heteroatoms. The monoisotopic (exact) mass is 240 g/mol. The second-order valence-electron chi connectivity index (χ2n) is 4.86. The van der Waals surface area contributed by atoms with Gasteiger partial charge in [-0.05, 0) is 19.3 Å². The third-order valence-corrected chi connectivity index (χ3v) is 3.27. The van der Waals surface area contributed by atoms with Crippen LogP contribution >= 0.6 is 0 Å². The highest BCUT2D eigenvalue weighted by molar-refractivity contribution is 5.81. The molecule has 0 aliphatic heterocycles. The van der Waals surface area contributed by atoms with Crippen molar-refractivity contribution in [1.82, 2.24) is 0 Å². The number of carbonyl (C=O) groups excluding carboxylic acids is 2. The highest BCUT2D eigenvalue weighted by Gasteiger charge is 2.16. The Bertz CT molecular complexity index is 199. The van der Waals surface area contributed by atoms with Gasteiger partial charge in [-0.2, -0.15) is 0 Å². The van der Waals surface area contributed by atoms with E-state index in [1.165, 1.54) is 12.8 Å². The number of carbonyl (C=O) groups is 2. The molecule has 100 valence electrons. The van der Waals surface area contributed by atoms with Crippen LogP contribution in [0.5, 0.6) is 0 Å². The van der Waals surface area contributed by atoms with Crippen molar-refractivity contribution < 1.29 is 9.59 Å². The largest absolute Gasteiger partial charge is 0.303 e. The SMILES string of the molecule is CCCCCC(=O)C(CCC=O)CCCCC. The van der Waals surface area contributed by atoms with E-state index in [-0.39, 0.29) is 5.92 Å². The maximum absolute atomic E-state index is 12.0. The third kappa shape index (κ3) is 9.08. The van der Waals surface area contributed by atoms with Gasteiger partial charge in [-0.3, -0.25) is 4.79 Å². The van der Waals surface area contributed by atoms with Gasteiger partial charge in [0.1, 0.15) is 12.1 Å². The predicted molar refractivity (Wildman–Crippen MR) is 72.1 cm³/mol. The first kappa shape index (κ1) is 16.3. The van der Waals surface area contributed by atoms with Gasteiger partial charge in [0.05, 0.1) is 0 Å². The zero-order valence-corrected chi connectivity index (χ0v) is 11.5. The van der Waals surface area contributed by atoms with Crippen molar-refractivity contribution in [1.29, 1.82) is 0 Å². The molecule has 2 nitrogen and oxygen atoms in total. The number of Topliss-reactive ketones (excluding diaryl/α,β-unsaturated/α-hetero) is 1. The van der Waals surface area contributed by atoms with Gasteiger partial charge in [-0.25, -0.2) is 0 Å². The second-order valence-corrected chi connectivity index (χ2v) is 4.86. The van der Waals surface area contributed by atoms with Crippen molar-refractivity contribution in [3.63, 3.8) is 0 Å². The van der Waals surface area contributed by atoms with Crippen molar-refractivity contribution in [2.24, 2.45) is 5.92 Å². The Hall–Kier alpha value is -0.660. The minimum Gasteiger partial charge on any atom is -0.303 e. The van der Waals surface area contributed by atoms with Gasteiger partial charge in [0.25, 0.3) is 0 Å². The van der Waals surface area contributed by atoms with Gasteiger partial charge in [-0.15, -0.1) is 0 Å². The topological polar surface area (TPSA) is 34.1 Å². The first-order chi connectivity index (χ1) is 8.26. The Kier molecular flexibility index (Phi) is 11.4. The number of hydrogen-bond donors (Lipinski definition) is 0. The van der Waals surface area contributed by atoms with Crippen LogP contribution in [-0.2, 0) is 9.59 Å². The Balaban J connectivity index is 3.95. The van der Waals surface area contributed by atoms with Crippen LogP contribution in [0, 0.1) is 5.92 Å². The van der Waals surface area contributed by atoms with E-state index in [1.54, 1.807) is 0 Å². The molecule has 0 rings (SSSR count). The summed E-state index contributed by atoms with van der Waals surface area (Å²) in [4.78, 5) is 22.4. The fourth-order valence-electron chi connectivity index (χ4n) is 2.13. The van der Waals surface area contributed by atoms with Gasteiger partial charge < -0.3 is 4.79 Å². The van der Waals surface area contributed by atoms with Crippen molar-refractivity contribution in [3.05, 3.63) is 0 Å². The normalized spacial score (nSPS) is 12.4. The van der Waals surface area contributed by atoms with Crippen molar-refractivity contribution >= 4 is 12.1 Å². The fraction of sp³-hybridized carbons (Fsp3) is 0.867. The van der Waals surface area contributed by atoms with E-state index < -0.39 is 0 Å². The highest BCUT2D eigenvalue weighted by Crippen LogP contribution is 2.19. The molecule has 1 unspecified atom stereocenters. The molecule has 0 aliphatic rings. The van der Waals surface area contributed by atoms with Crippen LogP contribution in [0.15, 0.2) is 0 Å². The fourth-order valence-corrected chi connectivity index (χ4v) is 2.13. The molecule has 0 N–H and O–H groups in total. The van der Waals surface area contributed by atoms with E-state index in [1.807, 2.05) is 0 Å². The van der Waals surface area contributed by atoms with Crippen molar-refractivity contribution in [2.75, 3.05) is 0 Å². The molecule has 0 fully saturated rings. The summed E-state index contributed by atoms with van der Waals surface area (Å²) in [5, 5.41) is 0. The van der Waals surface area contributed by atoms with Crippen LogP contribution in [0.25, 0.3) is 0 Å². The summed E-state index contributed by atoms with van der Waals surface area (Å²) in [6.45, 7) is 4.32. The molecular weight excluding hydrogens is 212 g/mol. The van der Waals surface area contributed by atoms with Crippen LogP contribution < -0.4 is 0 Å². The standard InChI is InChI=1S/C15H28O2/c1-3-5-7-10-14(11-9-13-16)15(17)12-8-6-4-2/h13-14H,3-12H2,1-2H3. The quantitative estimate of drug-likeness (QED) is 0.376. The second kappa shape index (κ2) is 11.8. The van der Waals surface area contributed by atoms with Gasteiger partial charge in [0, 0.05) is 18.8 Å². The van der Waals surface area contributed by atoms with E-state index in [4.69, 9.17) is 0 Å². The van der Waals surface area contributed by atoms with Crippen molar-refractivity contribution in [2.45, 2.75) is 78.1 Å². The molecule has 0 radical (unpaired) electrons. The van der Waals surface area contributed by atoms with Crippen LogP contribution in [0.4, 0.5) is 0 Å². The van der Waals surface area contributed by atoms with Gasteiger partial charge in [-0.1, -0.05) is 46.0 Å². The highest BCUT2D eigenvalue weighted by atomic mass is 16.1. The average molecular weight is 240 g/mol. The van der Waals surface area contributed by atoms with Gasteiger partial charge in [0.2, 0.25) is 0 Å². The Morgan fingerprint density at radius 3 is 2.24 bits per heavy atom. The Labute approximate surface area is 106 Å². The molecule has 0 aromatic rings. The van der Waals surface area contributed by atoms with E-state index in [2.05, 4.69) is 13.8 Å². The smallest absolute Gasteiger partial charge is 0.135 e. The minimum atomic E-state index is 0.142. The molecule has 0 saturated carbocycles. The number of ketones is 1. The lowest BCUT2D eigenvalue weighted by molar-refractivity contribution is -0.123. The molecule has 0 aromatic carbocycles.